The van der Waals surface area contributed by atoms with Crippen LogP contribution >= 0.6 is 0 Å². The molecule has 1 aromatic heterocycles. The van der Waals surface area contributed by atoms with Crippen LogP contribution in [0, 0.1) is 0 Å². The van der Waals surface area contributed by atoms with Gasteiger partial charge in [-0.2, -0.15) is 0 Å². The van der Waals surface area contributed by atoms with Gasteiger partial charge in [-0.15, -0.1) is 0 Å². The Labute approximate surface area is 293 Å². The minimum absolute atomic E-state index is 0.133. The molecule has 9 rings (SSSR count). The fourth-order valence-electron chi connectivity index (χ4n) is 7.87. The molecule has 1 aliphatic carbocycles. The standard InChI is InChI=1S/C47H37N3/c1-46(2)40-29-35(25-26-38(40)39-27-24-31-23-22-30-14-11-12-21-37(30)41(31)42(39)47(46,3)4)34-19-13-20-36(28-34)45-49-43(32-15-7-5-8-16-32)48-44(50-45)33-17-9-6-10-18-33/h5-29H,1-4H3. The zero-order chi connectivity index (χ0) is 34.0. The molecular weight excluding hydrogens is 607 g/mol. The molecular formula is C47H37N3. The normalized spacial score (nSPS) is 14.3. The highest BCUT2D eigenvalue weighted by atomic mass is 15.0. The predicted octanol–water partition coefficient (Wildman–Crippen LogP) is 12.1. The molecule has 0 atom stereocenters. The Morgan fingerprint density at radius 1 is 0.380 bits per heavy atom. The van der Waals surface area contributed by atoms with Gasteiger partial charge in [0.1, 0.15) is 0 Å². The zero-order valence-electron chi connectivity index (χ0n) is 28.8. The molecule has 0 spiro atoms. The van der Waals surface area contributed by atoms with Crippen LogP contribution in [0.25, 0.3) is 78.0 Å². The molecule has 0 fully saturated rings. The second-order valence-corrected chi connectivity index (χ2v) is 14.5. The lowest BCUT2D eigenvalue weighted by molar-refractivity contribution is 0.301. The second-order valence-electron chi connectivity index (χ2n) is 14.5. The van der Waals surface area contributed by atoms with Crippen LogP contribution in [0.2, 0.25) is 0 Å². The lowest BCUT2D eigenvalue weighted by Crippen LogP contribution is -2.43. The van der Waals surface area contributed by atoms with E-state index in [1.807, 2.05) is 60.7 Å². The summed E-state index contributed by atoms with van der Waals surface area (Å²) < 4.78 is 0. The van der Waals surface area contributed by atoms with E-state index in [9.17, 15) is 0 Å². The summed E-state index contributed by atoms with van der Waals surface area (Å²) in [6.45, 7) is 9.69. The molecule has 50 heavy (non-hydrogen) atoms. The number of fused-ring (bicyclic) bond motifs is 7. The molecule has 3 nitrogen and oxygen atoms in total. The Bertz CT molecular complexity index is 2530. The topological polar surface area (TPSA) is 38.7 Å². The van der Waals surface area contributed by atoms with Crippen molar-refractivity contribution in [2.45, 2.75) is 38.5 Å². The summed E-state index contributed by atoms with van der Waals surface area (Å²) in [7, 11) is 0. The number of rotatable bonds is 4. The number of benzene rings is 7. The molecule has 1 aliphatic rings. The first-order valence-corrected chi connectivity index (χ1v) is 17.4. The predicted molar refractivity (Wildman–Crippen MR) is 208 cm³/mol. The van der Waals surface area contributed by atoms with Gasteiger partial charge < -0.3 is 0 Å². The van der Waals surface area contributed by atoms with Crippen LogP contribution < -0.4 is 0 Å². The van der Waals surface area contributed by atoms with Crippen LogP contribution in [0.5, 0.6) is 0 Å². The van der Waals surface area contributed by atoms with Crippen LogP contribution in [0.3, 0.4) is 0 Å². The highest BCUT2D eigenvalue weighted by molar-refractivity contribution is 6.12. The smallest absolute Gasteiger partial charge is 0.164 e. The third-order valence-electron chi connectivity index (χ3n) is 11.2. The van der Waals surface area contributed by atoms with Gasteiger partial charge in [0, 0.05) is 22.1 Å². The molecule has 0 saturated heterocycles. The molecule has 0 aliphatic heterocycles. The lowest BCUT2D eigenvalue weighted by atomic mass is 9.54. The summed E-state index contributed by atoms with van der Waals surface area (Å²) in [6, 6.07) is 53.9. The molecule has 0 radical (unpaired) electrons. The van der Waals surface area contributed by atoms with Gasteiger partial charge in [-0.05, 0) is 72.5 Å². The number of hydrogen-bond donors (Lipinski definition) is 0. The highest BCUT2D eigenvalue weighted by Crippen LogP contribution is 2.56. The molecule has 0 bridgehead atoms. The van der Waals surface area contributed by atoms with E-state index in [2.05, 4.69) is 119 Å². The van der Waals surface area contributed by atoms with Crippen molar-refractivity contribution in [3.63, 3.8) is 0 Å². The van der Waals surface area contributed by atoms with Crippen molar-refractivity contribution in [1.82, 2.24) is 15.0 Å². The van der Waals surface area contributed by atoms with Crippen molar-refractivity contribution >= 4 is 21.5 Å². The Morgan fingerprint density at radius 2 is 0.900 bits per heavy atom. The first kappa shape index (κ1) is 30.2. The van der Waals surface area contributed by atoms with Gasteiger partial charge in [-0.1, -0.05) is 167 Å². The Balaban J connectivity index is 1.19. The lowest BCUT2D eigenvalue weighted by Gasteiger charge is -2.49. The van der Waals surface area contributed by atoms with E-state index >= 15 is 0 Å². The minimum Gasteiger partial charge on any atom is -0.208 e. The van der Waals surface area contributed by atoms with Crippen LogP contribution in [-0.2, 0) is 10.8 Å². The third-order valence-corrected chi connectivity index (χ3v) is 11.2. The van der Waals surface area contributed by atoms with Gasteiger partial charge in [0.2, 0.25) is 0 Å². The number of hydrogen-bond acceptors (Lipinski definition) is 3. The van der Waals surface area contributed by atoms with Crippen LogP contribution in [0.15, 0.2) is 152 Å². The van der Waals surface area contributed by atoms with E-state index in [-0.39, 0.29) is 10.8 Å². The maximum atomic E-state index is 5.00. The summed E-state index contributed by atoms with van der Waals surface area (Å²) in [5, 5.41) is 5.29. The molecule has 0 N–H and O–H groups in total. The van der Waals surface area contributed by atoms with Gasteiger partial charge in [0.05, 0.1) is 0 Å². The van der Waals surface area contributed by atoms with Gasteiger partial charge in [-0.25, -0.2) is 15.0 Å². The number of nitrogens with zero attached hydrogens (tertiary/aromatic N) is 3. The van der Waals surface area contributed by atoms with E-state index in [4.69, 9.17) is 15.0 Å². The molecule has 3 heteroatoms. The summed E-state index contributed by atoms with van der Waals surface area (Å²) in [6.07, 6.45) is 0. The van der Waals surface area contributed by atoms with Gasteiger partial charge in [-0.3, -0.25) is 0 Å². The monoisotopic (exact) mass is 643 g/mol. The molecule has 7 aromatic carbocycles. The van der Waals surface area contributed by atoms with Gasteiger partial charge in [0.15, 0.2) is 17.5 Å². The van der Waals surface area contributed by atoms with E-state index in [0.29, 0.717) is 17.5 Å². The van der Waals surface area contributed by atoms with Gasteiger partial charge in [0.25, 0.3) is 0 Å². The summed E-state index contributed by atoms with van der Waals surface area (Å²) in [4.78, 5) is 14.9. The Hall–Kier alpha value is -5.93. The zero-order valence-corrected chi connectivity index (χ0v) is 28.8. The average molecular weight is 644 g/mol. The molecule has 240 valence electrons. The number of aromatic nitrogens is 3. The molecule has 8 aromatic rings. The summed E-state index contributed by atoms with van der Waals surface area (Å²) in [5.74, 6) is 1.99. The highest BCUT2D eigenvalue weighted by Gasteiger charge is 2.47. The van der Waals surface area contributed by atoms with E-state index in [1.165, 1.54) is 49.4 Å². The minimum atomic E-state index is -0.141. The maximum Gasteiger partial charge on any atom is 0.164 e. The first-order valence-electron chi connectivity index (χ1n) is 17.4. The summed E-state index contributed by atoms with van der Waals surface area (Å²) in [5.41, 5.74) is 10.4. The van der Waals surface area contributed by atoms with Crippen molar-refractivity contribution < 1.29 is 0 Å². The van der Waals surface area contributed by atoms with Crippen molar-refractivity contribution in [2.75, 3.05) is 0 Å². The first-order chi connectivity index (χ1) is 24.3. The maximum absolute atomic E-state index is 5.00. The fraction of sp³-hybridized carbons (Fsp3) is 0.128. The van der Waals surface area contributed by atoms with Crippen molar-refractivity contribution in [2.24, 2.45) is 0 Å². The molecule has 1 heterocycles. The van der Waals surface area contributed by atoms with Crippen LogP contribution in [-0.4, -0.2) is 15.0 Å². The molecule has 0 amide bonds. The SMILES string of the molecule is CC1(C)c2cc(-c3cccc(-c4nc(-c5ccccc5)nc(-c5ccccc5)n4)c3)ccc2-c2ccc3ccc4ccccc4c3c2C1(C)C. The van der Waals surface area contributed by atoms with E-state index in [0.717, 1.165) is 22.3 Å². The van der Waals surface area contributed by atoms with E-state index < -0.39 is 0 Å². The van der Waals surface area contributed by atoms with Crippen LogP contribution in [0.4, 0.5) is 0 Å². The van der Waals surface area contributed by atoms with Crippen molar-refractivity contribution in [3.05, 3.63) is 163 Å². The molecule has 0 unspecified atom stereocenters. The van der Waals surface area contributed by atoms with Crippen LogP contribution in [0.1, 0.15) is 38.8 Å². The Morgan fingerprint density at radius 3 is 1.60 bits per heavy atom. The van der Waals surface area contributed by atoms with Gasteiger partial charge >= 0.3 is 0 Å². The van der Waals surface area contributed by atoms with E-state index in [1.54, 1.807) is 0 Å². The largest absolute Gasteiger partial charge is 0.208 e. The summed E-state index contributed by atoms with van der Waals surface area (Å²) >= 11 is 0. The third kappa shape index (κ3) is 4.69. The fourth-order valence-corrected chi connectivity index (χ4v) is 7.87. The van der Waals surface area contributed by atoms with Crippen molar-refractivity contribution in [3.8, 4) is 56.4 Å². The van der Waals surface area contributed by atoms with Crippen molar-refractivity contribution in [1.29, 1.82) is 0 Å². The Kier molecular flexibility index (Phi) is 6.82. The quantitative estimate of drug-likeness (QED) is 0.179. The molecule has 0 saturated carbocycles. The average Bonchev–Trinajstić information content (AvgIpc) is 3.17. The second kappa shape index (κ2) is 11.3.